The first-order valence-corrected chi connectivity index (χ1v) is 11.6. The lowest BCUT2D eigenvalue weighted by Gasteiger charge is -2.11. The Labute approximate surface area is 209 Å². The van der Waals surface area contributed by atoms with Gasteiger partial charge in [-0.1, -0.05) is 53.0 Å². The number of hydrogen-bond donors (Lipinski definition) is 1. The second-order valence-corrected chi connectivity index (χ2v) is 9.03. The minimum absolute atomic E-state index is 0.211. The SMILES string of the molecule is CC(=O)/C(=N\Nc1ccc(Cl)cc1)Sc1nnc(-c2ccc(Cl)cc2Cl)n1-c1ccccc1. The molecule has 0 unspecified atom stereocenters. The summed E-state index contributed by atoms with van der Waals surface area (Å²) in [6.45, 7) is 1.44. The molecular weight excluding hydrogens is 501 g/mol. The Morgan fingerprint density at radius 3 is 2.30 bits per heavy atom. The predicted octanol–water partition coefficient (Wildman–Crippen LogP) is 7.00. The van der Waals surface area contributed by atoms with Gasteiger partial charge in [0.05, 0.1) is 10.7 Å². The van der Waals surface area contributed by atoms with E-state index in [1.165, 1.54) is 6.92 Å². The molecule has 1 aromatic heterocycles. The second kappa shape index (κ2) is 10.4. The van der Waals surface area contributed by atoms with Crippen molar-refractivity contribution in [3.8, 4) is 17.1 Å². The molecule has 4 rings (SSSR count). The lowest BCUT2D eigenvalue weighted by atomic mass is 10.2. The van der Waals surface area contributed by atoms with Crippen molar-refractivity contribution in [3.05, 3.63) is 87.9 Å². The maximum Gasteiger partial charge on any atom is 0.202 e. The number of Topliss-reactive ketones (excluding diaryl/α,β-unsaturated/α-hetero) is 1. The number of halogens is 3. The quantitative estimate of drug-likeness (QED) is 0.129. The van der Waals surface area contributed by atoms with Gasteiger partial charge in [0, 0.05) is 28.2 Å². The number of thioether (sulfide) groups is 1. The smallest absolute Gasteiger partial charge is 0.202 e. The van der Waals surface area contributed by atoms with Crippen LogP contribution >= 0.6 is 46.6 Å². The van der Waals surface area contributed by atoms with Gasteiger partial charge in [-0.3, -0.25) is 14.8 Å². The number of aromatic nitrogens is 3. The average molecular weight is 517 g/mol. The first-order chi connectivity index (χ1) is 15.9. The molecule has 0 atom stereocenters. The monoisotopic (exact) mass is 515 g/mol. The molecule has 1 N–H and O–H groups in total. The minimum atomic E-state index is -0.227. The molecule has 0 aliphatic heterocycles. The summed E-state index contributed by atoms with van der Waals surface area (Å²) in [5.41, 5.74) is 5.04. The summed E-state index contributed by atoms with van der Waals surface area (Å²) in [4.78, 5) is 12.3. The van der Waals surface area contributed by atoms with Gasteiger partial charge in [-0.05, 0) is 66.4 Å². The summed E-state index contributed by atoms with van der Waals surface area (Å²) in [6, 6.07) is 21.7. The van der Waals surface area contributed by atoms with Crippen LogP contribution in [-0.4, -0.2) is 25.6 Å². The van der Waals surface area contributed by atoms with Crippen LogP contribution in [0.15, 0.2) is 83.1 Å². The van der Waals surface area contributed by atoms with Crippen LogP contribution in [0.2, 0.25) is 15.1 Å². The van der Waals surface area contributed by atoms with E-state index in [4.69, 9.17) is 34.8 Å². The fourth-order valence-electron chi connectivity index (χ4n) is 2.89. The molecule has 0 spiro atoms. The molecular formula is C23H16Cl3N5OS. The van der Waals surface area contributed by atoms with E-state index < -0.39 is 0 Å². The molecule has 3 aromatic carbocycles. The highest BCUT2D eigenvalue weighted by molar-refractivity contribution is 8.15. The largest absolute Gasteiger partial charge is 0.292 e. The number of carbonyl (C=O) groups excluding carboxylic acids is 1. The highest BCUT2D eigenvalue weighted by Crippen LogP contribution is 2.34. The van der Waals surface area contributed by atoms with Crippen LogP contribution in [0.4, 0.5) is 5.69 Å². The van der Waals surface area contributed by atoms with Crippen LogP contribution in [0.5, 0.6) is 0 Å². The Hall–Kier alpha value is -2.84. The van der Waals surface area contributed by atoms with Crippen molar-refractivity contribution < 1.29 is 4.79 Å². The zero-order valence-corrected chi connectivity index (χ0v) is 20.3. The van der Waals surface area contributed by atoms with Gasteiger partial charge in [-0.15, -0.1) is 10.2 Å². The van der Waals surface area contributed by atoms with E-state index in [1.54, 1.807) is 42.5 Å². The zero-order chi connectivity index (χ0) is 23.4. The Balaban J connectivity index is 1.74. The molecule has 0 aliphatic rings. The third-order valence-electron chi connectivity index (χ3n) is 4.44. The summed E-state index contributed by atoms with van der Waals surface area (Å²) in [6.07, 6.45) is 0. The number of nitrogens with zero attached hydrogens (tertiary/aromatic N) is 4. The van der Waals surface area contributed by atoms with Crippen molar-refractivity contribution in [1.82, 2.24) is 14.8 Å². The maximum atomic E-state index is 12.3. The van der Waals surface area contributed by atoms with Crippen LogP contribution in [0.3, 0.4) is 0 Å². The Bertz CT molecular complexity index is 1320. The van der Waals surface area contributed by atoms with Gasteiger partial charge in [0.2, 0.25) is 5.16 Å². The van der Waals surface area contributed by atoms with Crippen LogP contribution in [0.1, 0.15) is 6.92 Å². The van der Waals surface area contributed by atoms with Gasteiger partial charge in [0.1, 0.15) is 0 Å². The zero-order valence-electron chi connectivity index (χ0n) is 17.2. The predicted molar refractivity (Wildman–Crippen MR) is 136 cm³/mol. The van der Waals surface area contributed by atoms with Gasteiger partial charge in [-0.2, -0.15) is 5.10 Å². The normalized spacial score (nSPS) is 11.5. The molecule has 0 amide bonds. The van der Waals surface area contributed by atoms with Crippen molar-refractivity contribution >= 4 is 63.1 Å². The van der Waals surface area contributed by atoms with E-state index in [0.717, 1.165) is 17.4 Å². The van der Waals surface area contributed by atoms with E-state index in [2.05, 4.69) is 20.7 Å². The third-order valence-corrected chi connectivity index (χ3v) is 6.26. The lowest BCUT2D eigenvalue weighted by molar-refractivity contribution is -0.110. The average Bonchev–Trinajstić information content (AvgIpc) is 3.21. The number of benzene rings is 3. The van der Waals surface area contributed by atoms with E-state index in [-0.39, 0.29) is 10.8 Å². The second-order valence-electron chi connectivity index (χ2n) is 6.80. The molecule has 1 heterocycles. The van der Waals surface area contributed by atoms with Crippen molar-refractivity contribution in [3.63, 3.8) is 0 Å². The van der Waals surface area contributed by atoms with E-state index in [9.17, 15) is 4.79 Å². The fourth-order valence-corrected chi connectivity index (χ4v) is 4.28. The maximum absolute atomic E-state index is 12.3. The van der Waals surface area contributed by atoms with Gasteiger partial charge in [-0.25, -0.2) is 0 Å². The highest BCUT2D eigenvalue weighted by atomic mass is 35.5. The number of para-hydroxylation sites is 1. The van der Waals surface area contributed by atoms with Crippen LogP contribution < -0.4 is 5.43 Å². The van der Waals surface area contributed by atoms with E-state index in [0.29, 0.717) is 37.3 Å². The molecule has 0 bridgehead atoms. The topological polar surface area (TPSA) is 72.2 Å². The molecule has 0 aliphatic carbocycles. The Morgan fingerprint density at radius 2 is 1.64 bits per heavy atom. The van der Waals surface area contributed by atoms with E-state index >= 15 is 0 Å². The summed E-state index contributed by atoms with van der Waals surface area (Å²) in [5.74, 6) is 0.286. The number of hydrogen-bond acceptors (Lipinski definition) is 6. The highest BCUT2D eigenvalue weighted by Gasteiger charge is 2.21. The minimum Gasteiger partial charge on any atom is -0.292 e. The van der Waals surface area contributed by atoms with Gasteiger partial charge in [0.25, 0.3) is 0 Å². The number of rotatable bonds is 6. The molecule has 0 radical (unpaired) electrons. The summed E-state index contributed by atoms with van der Waals surface area (Å²) in [5, 5.41) is 15.2. The standard InChI is InChI=1S/C23H16Cl3N5OS/c1-14(32)22(29-27-17-10-7-15(24)8-11-17)33-23-30-28-21(19-12-9-16(25)13-20(19)26)31(23)18-5-3-2-4-6-18/h2-13,27H,1H3/b29-22+. The fraction of sp³-hybridized carbons (Fsp3) is 0.0435. The number of ketones is 1. The first kappa shape index (κ1) is 23.3. The van der Waals surface area contributed by atoms with Crippen LogP contribution in [0.25, 0.3) is 17.1 Å². The molecule has 10 heteroatoms. The molecule has 4 aromatic rings. The molecule has 6 nitrogen and oxygen atoms in total. The first-order valence-electron chi connectivity index (χ1n) is 9.66. The van der Waals surface area contributed by atoms with Crippen LogP contribution in [-0.2, 0) is 4.79 Å². The summed E-state index contributed by atoms with van der Waals surface area (Å²) < 4.78 is 1.82. The Morgan fingerprint density at radius 1 is 0.939 bits per heavy atom. The van der Waals surface area contributed by atoms with Crippen molar-refractivity contribution in [2.45, 2.75) is 12.1 Å². The molecule has 0 saturated heterocycles. The van der Waals surface area contributed by atoms with Crippen LogP contribution in [0, 0.1) is 0 Å². The number of anilines is 1. The molecule has 166 valence electrons. The number of hydrazone groups is 1. The van der Waals surface area contributed by atoms with Crippen molar-refractivity contribution in [2.24, 2.45) is 5.10 Å². The van der Waals surface area contributed by atoms with Gasteiger partial charge >= 0.3 is 0 Å². The van der Waals surface area contributed by atoms with E-state index in [1.807, 2.05) is 34.9 Å². The third kappa shape index (κ3) is 5.57. The summed E-state index contributed by atoms with van der Waals surface area (Å²) in [7, 11) is 0. The molecule has 33 heavy (non-hydrogen) atoms. The van der Waals surface area contributed by atoms with Crippen molar-refractivity contribution in [1.29, 1.82) is 0 Å². The number of nitrogens with one attached hydrogen (secondary N) is 1. The molecule has 0 saturated carbocycles. The summed E-state index contributed by atoms with van der Waals surface area (Å²) >= 11 is 19.5. The van der Waals surface area contributed by atoms with Gasteiger partial charge < -0.3 is 0 Å². The van der Waals surface area contributed by atoms with Gasteiger partial charge in [0.15, 0.2) is 16.7 Å². The van der Waals surface area contributed by atoms with Crippen molar-refractivity contribution in [2.75, 3.05) is 5.43 Å². The Kier molecular flexibility index (Phi) is 7.35. The number of carbonyl (C=O) groups is 1. The molecule has 0 fully saturated rings. The lowest BCUT2D eigenvalue weighted by Crippen LogP contribution is -2.10.